The van der Waals surface area contributed by atoms with Crippen molar-refractivity contribution in [3.63, 3.8) is 0 Å². The minimum absolute atomic E-state index is 0.190. The number of thiazole rings is 1. The molecule has 1 aromatic heterocycles. The Balaban J connectivity index is 1.53. The number of nitrogens with one attached hydrogen (secondary N) is 1. The SMILES string of the molecule is O=C(O)C(CC1CC(F)(F)C1)NCc1nc2c(s1)CCCC2. The van der Waals surface area contributed by atoms with Crippen molar-refractivity contribution in [2.45, 2.75) is 63.5 Å². The molecule has 1 fully saturated rings. The summed E-state index contributed by atoms with van der Waals surface area (Å²) in [7, 11) is 0. The highest BCUT2D eigenvalue weighted by Gasteiger charge is 2.46. The largest absolute Gasteiger partial charge is 0.480 e. The molecule has 0 radical (unpaired) electrons. The summed E-state index contributed by atoms with van der Waals surface area (Å²) in [5.41, 5.74) is 1.15. The van der Waals surface area contributed by atoms with E-state index in [1.807, 2.05) is 0 Å². The van der Waals surface area contributed by atoms with Crippen molar-refractivity contribution in [2.24, 2.45) is 5.92 Å². The minimum atomic E-state index is -2.60. The van der Waals surface area contributed by atoms with Gasteiger partial charge in [0.25, 0.3) is 0 Å². The number of fused-ring (bicyclic) bond motifs is 1. The Labute approximate surface area is 131 Å². The van der Waals surface area contributed by atoms with Crippen LogP contribution in [0, 0.1) is 5.92 Å². The van der Waals surface area contributed by atoms with Gasteiger partial charge in [-0.1, -0.05) is 0 Å². The van der Waals surface area contributed by atoms with E-state index in [9.17, 15) is 18.7 Å². The number of carboxylic acid groups (broad SMARTS) is 1. The van der Waals surface area contributed by atoms with Gasteiger partial charge in [0.2, 0.25) is 5.92 Å². The molecular formula is C15H20F2N2O2S. The number of hydrogen-bond acceptors (Lipinski definition) is 4. The number of hydrogen-bond donors (Lipinski definition) is 2. The monoisotopic (exact) mass is 330 g/mol. The Kier molecular flexibility index (Phi) is 4.45. The highest BCUT2D eigenvalue weighted by Crippen LogP contribution is 2.44. The molecule has 0 aliphatic heterocycles. The molecule has 1 saturated carbocycles. The number of carbonyl (C=O) groups is 1. The van der Waals surface area contributed by atoms with Crippen LogP contribution in [0.25, 0.3) is 0 Å². The van der Waals surface area contributed by atoms with E-state index < -0.39 is 17.9 Å². The van der Waals surface area contributed by atoms with Crippen molar-refractivity contribution in [3.8, 4) is 0 Å². The van der Waals surface area contributed by atoms with Gasteiger partial charge >= 0.3 is 5.97 Å². The molecule has 0 amide bonds. The Hall–Kier alpha value is -1.08. The third kappa shape index (κ3) is 3.63. The summed E-state index contributed by atoms with van der Waals surface area (Å²) >= 11 is 1.64. The predicted octanol–water partition coefficient (Wildman–Crippen LogP) is 3.00. The average molecular weight is 330 g/mol. The number of aryl methyl sites for hydroxylation is 2. The number of nitrogens with zero attached hydrogens (tertiary/aromatic N) is 1. The molecular weight excluding hydrogens is 310 g/mol. The second-order valence-electron chi connectivity index (χ2n) is 6.32. The van der Waals surface area contributed by atoms with E-state index in [4.69, 9.17) is 0 Å². The van der Waals surface area contributed by atoms with Crippen LogP contribution < -0.4 is 5.32 Å². The molecule has 3 rings (SSSR count). The maximum atomic E-state index is 12.8. The van der Waals surface area contributed by atoms with Crippen LogP contribution in [-0.2, 0) is 24.2 Å². The molecule has 2 aliphatic carbocycles. The third-order valence-electron chi connectivity index (χ3n) is 4.43. The van der Waals surface area contributed by atoms with Gasteiger partial charge in [-0.2, -0.15) is 0 Å². The standard InChI is InChI=1S/C15H20F2N2O2S/c16-15(17)6-9(7-15)5-11(14(20)21)18-8-13-19-10-3-1-2-4-12(10)22-13/h9,11,18H,1-8H2,(H,20,21). The van der Waals surface area contributed by atoms with Crippen molar-refractivity contribution < 1.29 is 18.7 Å². The number of halogens is 2. The average Bonchev–Trinajstić information content (AvgIpc) is 2.83. The lowest BCUT2D eigenvalue weighted by Crippen LogP contribution is -2.43. The molecule has 7 heteroatoms. The van der Waals surface area contributed by atoms with Crippen molar-refractivity contribution >= 4 is 17.3 Å². The maximum Gasteiger partial charge on any atom is 0.320 e. The topological polar surface area (TPSA) is 62.2 Å². The van der Waals surface area contributed by atoms with Crippen LogP contribution in [0.4, 0.5) is 8.78 Å². The lowest BCUT2D eigenvalue weighted by atomic mass is 9.77. The number of aromatic nitrogens is 1. The minimum Gasteiger partial charge on any atom is -0.480 e. The van der Waals surface area contributed by atoms with Crippen molar-refractivity contribution in [1.82, 2.24) is 10.3 Å². The maximum absolute atomic E-state index is 12.8. The molecule has 122 valence electrons. The van der Waals surface area contributed by atoms with E-state index in [1.165, 1.54) is 11.3 Å². The van der Waals surface area contributed by atoms with Gasteiger partial charge < -0.3 is 5.11 Å². The normalized spacial score (nSPS) is 21.9. The fourth-order valence-electron chi connectivity index (χ4n) is 3.25. The summed E-state index contributed by atoms with van der Waals surface area (Å²) in [6, 6.07) is -0.776. The van der Waals surface area contributed by atoms with E-state index in [0.29, 0.717) is 6.54 Å². The zero-order valence-electron chi connectivity index (χ0n) is 12.3. The van der Waals surface area contributed by atoms with Crippen molar-refractivity contribution in [1.29, 1.82) is 0 Å². The molecule has 1 unspecified atom stereocenters. The molecule has 0 bridgehead atoms. The summed E-state index contributed by atoms with van der Waals surface area (Å²) in [5.74, 6) is -3.77. The molecule has 2 aliphatic rings. The number of carboxylic acids is 1. The first-order chi connectivity index (χ1) is 10.4. The highest BCUT2D eigenvalue weighted by molar-refractivity contribution is 7.11. The molecule has 1 heterocycles. The smallest absolute Gasteiger partial charge is 0.320 e. The first-order valence-electron chi connectivity index (χ1n) is 7.74. The van der Waals surface area contributed by atoms with Gasteiger partial charge in [-0.25, -0.2) is 13.8 Å². The summed E-state index contributed by atoms with van der Waals surface area (Å²) in [6.45, 7) is 0.401. The zero-order valence-corrected chi connectivity index (χ0v) is 13.1. The van der Waals surface area contributed by atoms with Crippen LogP contribution >= 0.6 is 11.3 Å². The Morgan fingerprint density at radius 2 is 2.14 bits per heavy atom. The summed E-state index contributed by atoms with van der Waals surface area (Å²) < 4.78 is 25.7. The fourth-order valence-corrected chi connectivity index (χ4v) is 4.36. The highest BCUT2D eigenvalue weighted by atomic mass is 32.1. The Bertz CT molecular complexity index is 530. The second kappa shape index (κ2) is 6.20. The molecule has 2 N–H and O–H groups in total. The number of aliphatic carboxylic acids is 1. The van der Waals surface area contributed by atoms with E-state index in [2.05, 4.69) is 10.3 Å². The van der Waals surface area contributed by atoms with Crippen LogP contribution in [-0.4, -0.2) is 28.0 Å². The first kappa shape index (κ1) is 15.8. The lowest BCUT2D eigenvalue weighted by Gasteiger charge is -2.36. The van der Waals surface area contributed by atoms with Gasteiger partial charge in [0, 0.05) is 24.3 Å². The van der Waals surface area contributed by atoms with E-state index in [0.717, 1.165) is 30.0 Å². The van der Waals surface area contributed by atoms with Gasteiger partial charge in [0.1, 0.15) is 11.0 Å². The van der Waals surface area contributed by atoms with Crippen LogP contribution in [0.15, 0.2) is 0 Å². The molecule has 0 aromatic carbocycles. The third-order valence-corrected chi connectivity index (χ3v) is 5.59. The van der Waals surface area contributed by atoms with Crippen LogP contribution in [0.2, 0.25) is 0 Å². The van der Waals surface area contributed by atoms with E-state index in [-0.39, 0.29) is 25.2 Å². The first-order valence-corrected chi connectivity index (χ1v) is 8.56. The summed E-state index contributed by atoms with van der Waals surface area (Å²) in [6.07, 6.45) is 4.30. The van der Waals surface area contributed by atoms with Gasteiger partial charge in [0.15, 0.2) is 0 Å². The second-order valence-corrected chi connectivity index (χ2v) is 7.49. The predicted molar refractivity (Wildman–Crippen MR) is 79.3 cm³/mol. The van der Waals surface area contributed by atoms with Crippen LogP contribution in [0.5, 0.6) is 0 Å². The van der Waals surface area contributed by atoms with Gasteiger partial charge in [-0.15, -0.1) is 11.3 Å². The fraction of sp³-hybridized carbons (Fsp3) is 0.733. The molecule has 1 atom stereocenters. The zero-order chi connectivity index (χ0) is 15.7. The van der Waals surface area contributed by atoms with Crippen molar-refractivity contribution in [3.05, 3.63) is 15.6 Å². The van der Waals surface area contributed by atoms with Gasteiger partial charge in [-0.05, 0) is 38.0 Å². The van der Waals surface area contributed by atoms with Crippen LogP contribution in [0.1, 0.15) is 47.7 Å². The summed E-state index contributed by atoms with van der Waals surface area (Å²) in [5, 5.41) is 13.1. The summed E-state index contributed by atoms with van der Waals surface area (Å²) in [4.78, 5) is 17.2. The van der Waals surface area contributed by atoms with Gasteiger partial charge in [-0.3, -0.25) is 10.1 Å². The number of rotatable bonds is 6. The Morgan fingerprint density at radius 3 is 2.77 bits per heavy atom. The molecule has 0 saturated heterocycles. The lowest BCUT2D eigenvalue weighted by molar-refractivity contribution is -0.144. The molecule has 0 spiro atoms. The molecule has 22 heavy (non-hydrogen) atoms. The Morgan fingerprint density at radius 1 is 1.41 bits per heavy atom. The molecule has 1 aromatic rings. The van der Waals surface area contributed by atoms with E-state index >= 15 is 0 Å². The quantitative estimate of drug-likeness (QED) is 0.842. The van der Waals surface area contributed by atoms with Gasteiger partial charge in [0.05, 0.1) is 5.69 Å². The molecule has 4 nitrogen and oxygen atoms in total. The number of alkyl halides is 2. The van der Waals surface area contributed by atoms with Crippen molar-refractivity contribution in [2.75, 3.05) is 0 Å². The van der Waals surface area contributed by atoms with Crippen LogP contribution in [0.3, 0.4) is 0 Å². The van der Waals surface area contributed by atoms with E-state index in [1.54, 1.807) is 11.3 Å².